The minimum atomic E-state index is -4.47. The number of esters is 1. The van der Waals surface area contributed by atoms with Crippen LogP contribution in [-0.2, 0) is 10.9 Å². The Morgan fingerprint density at radius 3 is 2.43 bits per heavy atom. The van der Waals surface area contributed by atoms with E-state index < -0.39 is 17.7 Å². The monoisotopic (exact) mass is 418 g/mol. The quantitative estimate of drug-likeness (QED) is 0.591. The lowest BCUT2D eigenvalue weighted by molar-refractivity contribution is -0.137. The van der Waals surface area contributed by atoms with Gasteiger partial charge in [-0.25, -0.2) is 4.79 Å². The average molecular weight is 418 g/mol. The molecule has 1 aromatic heterocycles. The first-order valence-corrected chi connectivity index (χ1v) is 8.82. The third-order valence-electron chi connectivity index (χ3n) is 3.90. The topological polar surface area (TPSA) is 86.2 Å². The summed E-state index contributed by atoms with van der Waals surface area (Å²) in [7, 11) is 1.28. The van der Waals surface area contributed by atoms with Gasteiger partial charge in [-0.05, 0) is 37.3 Å². The second-order valence-corrected chi connectivity index (χ2v) is 5.97. The lowest BCUT2D eigenvalue weighted by atomic mass is 10.1. The van der Waals surface area contributed by atoms with E-state index in [1.807, 2.05) is 0 Å². The number of methoxy groups -OCH3 is 1. The summed E-state index contributed by atoms with van der Waals surface area (Å²) in [4.78, 5) is 24.1. The predicted molar refractivity (Wildman–Crippen MR) is 102 cm³/mol. The normalized spacial score (nSPS) is 11.1. The van der Waals surface area contributed by atoms with Gasteiger partial charge in [-0.15, -0.1) is 0 Å². The van der Waals surface area contributed by atoms with E-state index in [4.69, 9.17) is 4.74 Å². The van der Waals surface area contributed by atoms with E-state index in [-0.39, 0.29) is 30.1 Å². The van der Waals surface area contributed by atoms with Gasteiger partial charge in [-0.3, -0.25) is 0 Å². The molecule has 0 saturated heterocycles. The smallest absolute Gasteiger partial charge is 0.416 e. The van der Waals surface area contributed by atoms with Gasteiger partial charge in [0.25, 0.3) is 0 Å². The third-order valence-corrected chi connectivity index (χ3v) is 3.90. The lowest BCUT2D eigenvalue weighted by Crippen LogP contribution is -2.07. The Morgan fingerprint density at radius 2 is 1.80 bits per heavy atom. The van der Waals surface area contributed by atoms with Crippen molar-refractivity contribution in [2.75, 3.05) is 19.0 Å². The van der Waals surface area contributed by atoms with Gasteiger partial charge in [0.2, 0.25) is 5.95 Å². The third kappa shape index (κ3) is 5.02. The van der Waals surface area contributed by atoms with Gasteiger partial charge in [-0.1, -0.05) is 18.2 Å². The van der Waals surface area contributed by atoms with Crippen molar-refractivity contribution in [3.8, 4) is 17.4 Å². The standard InChI is InChI=1S/C20H17F3N4O3/c1-3-30-19-26-16(12-7-9-13(10-8-12)17(28)29-2)25-18(27-19)24-15-6-4-5-14(11-15)20(21,22)23/h4-11H,3H2,1-2H3,(H,24,25,26,27). The van der Waals surface area contributed by atoms with E-state index >= 15 is 0 Å². The van der Waals surface area contributed by atoms with Gasteiger partial charge in [0.05, 0.1) is 24.8 Å². The molecule has 10 heteroatoms. The number of hydrogen-bond acceptors (Lipinski definition) is 7. The molecule has 0 atom stereocenters. The Morgan fingerprint density at radius 1 is 1.07 bits per heavy atom. The molecule has 1 N–H and O–H groups in total. The van der Waals surface area contributed by atoms with Gasteiger partial charge < -0.3 is 14.8 Å². The lowest BCUT2D eigenvalue weighted by Gasteiger charge is -2.11. The molecule has 0 aliphatic rings. The minimum absolute atomic E-state index is 0.00835. The molecule has 3 aromatic rings. The van der Waals surface area contributed by atoms with E-state index in [0.717, 1.165) is 12.1 Å². The zero-order valence-electron chi connectivity index (χ0n) is 16.0. The fraction of sp³-hybridized carbons (Fsp3) is 0.200. The van der Waals surface area contributed by atoms with Crippen LogP contribution in [0.3, 0.4) is 0 Å². The SMILES string of the molecule is CCOc1nc(Nc2cccc(C(F)(F)F)c2)nc(-c2ccc(C(=O)OC)cc2)n1. The Labute approximate surface area is 169 Å². The van der Waals surface area contributed by atoms with Crippen molar-refractivity contribution in [3.05, 3.63) is 59.7 Å². The number of ether oxygens (including phenoxy) is 2. The van der Waals surface area contributed by atoms with E-state index in [2.05, 4.69) is 25.0 Å². The summed E-state index contributed by atoms with van der Waals surface area (Å²) < 4.78 is 48.9. The molecular weight excluding hydrogens is 401 g/mol. The summed E-state index contributed by atoms with van der Waals surface area (Å²) >= 11 is 0. The number of benzene rings is 2. The van der Waals surface area contributed by atoms with Crippen LogP contribution in [0.2, 0.25) is 0 Å². The van der Waals surface area contributed by atoms with Crippen LogP contribution in [-0.4, -0.2) is 34.6 Å². The van der Waals surface area contributed by atoms with Crippen molar-refractivity contribution in [1.82, 2.24) is 15.0 Å². The number of aromatic nitrogens is 3. The first-order valence-electron chi connectivity index (χ1n) is 8.82. The maximum absolute atomic E-state index is 12.9. The zero-order chi connectivity index (χ0) is 21.7. The van der Waals surface area contributed by atoms with Crippen LogP contribution in [0.5, 0.6) is 6.01 Å². The Hall–Kier alpha value is -3.69. The number of hydrogen-bond donors (Lipinski definition) is 1. The highest BCUT2D eigenvalue weighted by Crippen LogP contribution is 2.31. The Kier molecular flexibility index (Phi) is 6.14. The van der Waals surface area contributed by atoms with Crippen LogP contribution in [0.1, 0.15) is 22.8 Å². The summed E-state index contributed by atoms with van der Waals surface area (Å²) in [5.41, 5.74) is 0.261. The molecule has 0 saturated carbocycles. The molecule has 7 nitrogen and oxygen atoms in total. The second kappa shape index (κ2) is 8.76. The molecule has 0 aliphatic heterocycles. The molecule has 0 bridgehead atoms. The van der Waals surface area contributed by atoms with E-state index in [9.17, 15) is 18.0 Å². The van der Waals surface area contributed by atoms with Crippen molar-refractivity contribution in [2.24, 2.45) is 0 Å². The number of carbonyl (C=O) groups is 1. The first-order chi connectivity index (χ1) is 14.3. The van der Waals surface area contributed by atoms with Gasteiger partial charge in [-0.2, -0.15) is 28.1 Å². The molecule has 2 aromatic carbocycles. The number of carbonyl (C=O) groups excluding carboxylic acids is 1. The van der Waals surface area contributed by atoms with E-state index in [1.165, 1.54) is 19.2 Å². The number of anilines is 2. The number of alkyl halides is 3. The molecule has 0 radical (unpaired) electrons. The van der Waals surface area contributed by atoms with Crippen molar-refractivity contribution >= 4 is 17.6 Å². The molecule has 0 unspecified atom stereocenters. The largest absolute Gasteiger partial charge is 0.465 e. The molecule has 0 spiro atoms. The van der Waals surface area contributed by atoms with Gasteiger partial charge in [0.15, 0.2) is 5.82 Å². The zero-order valence-corrected chi connectivity index (χ0v) is 16.0. The van der Waals surface area contributed by atoms with Crippen molar-refractivity contribution in [3.63, 3.8) is 0 Å². The highest BCUT2D eigenvalue weighted by Gasteiger charge is 2.30. The number of nitrogens with one attached hydrogen (secondary N) is 1. The highest BCUT2D eigenvalue weighted by atomic mass is 19.4. The summed E-state index contributed by atoms with van der Waals surface area (Å²) in [6, 6.07) is 11.0. The summed E-state index contributed by atoms with van der Waals surface area (Å²) in [6.45, 7) is 2.03. The van der Waals surface area contributed by atoms with Gasteiger partial charge >= 0.3 is 18.2 Å². The Balaban J connectivity index is 1.94. The summed E-state index contributed by atoms with van der Waals surface area (Å²) in [5.74, 6) is -0.252. The van der Waals surface area contributed by atoms with Crippen LogP contribution < -0.4 is 10.1 Å². The highest BCUT2D eigenvalue weighted by molar-refractivity contribution is 5.89. The van der Waals surface area contributed by atoms with Crippen LogP contribution in [0.4, 0.5) is 24.8 Å². The second-order valence-electron chi connectivity index (χ2n) is 5.97. The number of rotatable bonds is 6. The molecule has 0 aliphatic carbocycles. The fourth-order valence-electron chi connectivity index (χ4n) is 2.51. The maximum atomic E-state index is 12.9. The Bertz CT molecular complexity index is 1040. The maximum Gasteiger partial charge on any atom is 0.416 e. The minimum Gasteiger partial charge on any atom is -0.465 e. The van der Waals surface area contributed by atoms with Crippen molar-refractivity contribution in [2.45, 2.75) is 13.1 Å². The molecule has 1 heterocycles. The van der Waals surface area contributed by atoms with Crippen LogP contribution >= 0.6 is 0 Å². The molecular formula is C20H17F3N4O3. The number of halogens is 3. The van der Waals surface area contributed by atoms with Gasteiger partial charge in [0, 0.05) is 11.3 Å². The molecule has 30 heavy (non-hydrogen) atoms. The molecule has 156 valence electrons. The van der Waals surface area contributed by atoms with Crippen molar-refractivity contribution in [1.29, 1.82) is 0 Å². The fourth-order valence-corrected chi connectivity index (χ4v) is 2.51. The van der Waals surface area contributed by atoms with Gasteiger partial charge in [0.1, 0.15) is 0 Å². The van der Waals surface area contributed by atoms with Crippen molar-refractivity contribution < 1.29 is 27.4 Å². The molecule has 0 fully saturated rings. The van der Waals surface area contributed by atoms with Crippen LogP contribution in [0.15, 0.2) is 48.5 Å². The summed E-state index contributed by atoms with van der Waals surface area (Å²) in [5, 5.41) is 2.75. The molecule has 3 rings (SSSR count). The van der Waals surface area contributed by atoms with Crippen LogP contribution in [0, 0.1) is 0 Å². The van der Waals surface area contributed by atoms with E-state index in [0.29, 0.717) is 11.1 Å². The molecule has 0 amide bonds. The number of nitrogens with zero attached hydrogens (tertiary/aromatic N) is 3. The summed E-state index contributed by atoms with van der Waals surface area (Å²) in [6.07, 6.45) is -4.47. The predicted octanol–water partition coefficient (Wildman–Crippen LogP) is 4.49. The van der Waals surface area contributed by atoms with Crippen LogP contribution in [0.25, 0.3) is 11.4 Å². The van der Waals surface area contributed by atoms with E-state index in [1.54, 1.807) is 31.2 Å². The first kappa shape index (κ1) is 21.0. The average Bonchev–Trinajstić information content (AvgIpc) is 2.73.